The summed E-state index contributed by atoms with van der Waals surface area (Å²) in [6, 6.07) is 11.1. The Morgan fingerprint density at radius 2 is 1.83 bits per heavy atom. The fraction of sp³-hybridized carbons (Fsp3) is 0.478. The molecule has 2 aromatic heterocycles. The Balaban J connectivity index is 1.17. The third-order valence-electron chi connectivity index (χ3n) is 6.23. The number of piperazine rings is 1. The van der Waals surface area contributed by atoms with Gasteiger partial charge in [-0.2, -0.15) is 0 Å². The molecule has 6 heteroatoms. The van der Waals surface area contributed by atoms with Gasteiger partial charge in [-0.15, -0.1) is 11.3 Å². The lowest BCUT2D eigenvalue weighted by atomic mass is 10.1. The summed E-state index contributed by atoms with van der Waals surface area (Å²) in [4.78, 5) is 22.5. The number of carbonyl (C=O) groups excluding carboxylic acids is 1. The predicted molar refractivity (Wildman–Crippen MR) is 118 cm³/mol. The molecule has 3 aromatic rings. The van der Waals surface area contributed by atoms with Gasteiger partial charge in [-0.25, -0.2) is 4.98 Å². The summed E-state index contributed by atoms with van der Waals surface area (Å²) in [6.07, 6.45) is 2.50. The van der Waals surface area contributed by atoms with Crippen molar-refractivity contribution in [2.75, 3.05) is 32.7 Å². The summed E-state index contributed by atoms with van der Waals surface area (Å²) in [5.74, 6) is 0.268. The van der Waals surface area contributed by atoms with E-state index in [1.54, 1.807) is 11.3 Å². The third-order valence-corrected chi connectivity index (χ3v) is 7.25. The summed E-state index contributed by atoms with van der Waals surface area (Å²) in [6.45, 7) is 9.54. The van der Waals surface area contributed by atoms with Crippen LogP contribution in [0, 0.1) is 13.8 Å². The average Bonchev–Trinajstić information content (AvgIpc) is 3.38. The Kier molecular flexibility index (Phi) is 5.02. The topological polar surface area (TPSA) is 41.4 Å². The minimum absolute atomic E-state index is 0.268. The standard InChI is InChI=1S/C23H28N4OS/c1-16-13-19(17(2)27(16)18-7-8-18)21(28)14-25-9-11-26(12-10-25)15-23-24-20-5-3-4-6-22(20)29-23/h3-6,13,18H,7-12,14-15H2,1-2H3. The number of hydrogen-bond acceptors (Lipinski definition) is 5. The van der Waals surface area contributed by atoms with Gasteiger partial charge in [0.2, 0.25) is 0 Å². The van der Waals surface area contributed by atoms with Crippen molar-refractivity contribution < 1.29 is 4.79 Å². The molecule has 0 spiro atoms. The van der Waals surface area contributed by atoms with E-state index in [2.05, 4.69) is 52.5 Å². The molecule has 2 aliphatic rings. The normalized spacial score (nSPS) is 18.6. The average molecular weight is 409 g/mol. The van der Waals surface area contributed by atoms with Gasteiger partial charge in [0, 0.05) is 49.2 Å². The highest BCUT2D eigenvalue weighted by Crippen LogP contribution is 2.38. The lowest BCUT2D eigenvalue weighted by molar-refractivity contribution is 0.0843. The number of fused-ring (bicyclic) bond motifs is 1. The first-order valence-corrected chi connectivity index (χ1v) is 11.4. The minimum atomic E-state index is 0.268. The molecule has 1 saturated carbocycles. The predicted octanol–water partition coefficient (Wildman–Crippen LogP) is 4.05. The van der Waals surface area contributed by atoms with Crippen molar-refractivity contribution in [1.82, 2.24) is 19.4 Å². The summed E-state index contributed by atoms with van der Waals surface area (Å²) >= 11 is 1.79. The molecule has 5 rings (SSSR count). The molecule has 1 aromatic carbocycles. The largest absolute Gasteiger partial charge is 0.345 e. The second-order valence-electron chi connectivity index (χ2n) is 8.44. The zero-order valence-corrected chi connectivity index (χ0v) is 18.0. The fourth-order valence-corrected chi connectivity index (χ4v) is 5.54. The van der Waals surface area contributed by atoms with E-state index in [1.165, 1.54) is 28.2 Å². The van der Waals surface area contributed by atoms with Crippen LogP contribution in [-0.2, 0) is 6.54 Å². The van der Waals surface area contributed by atoms with Gasteiger partial charge in [0.1, 0.15) is 5.01 Å². The van der Waals surface area contributed by atoms with E-state index in [9.17, 15) is 4.79 Å². The molecule has 29 heavy (non-hydrogen) atoms. The first-order valence-electron chi connectivity index (χ1n) is 10.6. The zero-order valence-electron chi connectivity index (χ0n) is 17.2. The van der Waals surface area contributed by atoms with E-state index in [0.29, 0.717) is 12.6 Å². The second kappa shape index (κ2) is 7.67. The van der Waals surface area contributed by atoms with E-state index < -0.39 is 0 Å². The molecule has 0 bridgehead atoms. The Hall–Kier alpha value is -2.02. The van der Waals surface area contributed by atoms with Gasteiger partial charge in [-0.05, 0) is 44.9 Å². The number of benzene rings is 1. The number of hydrogen-bond donors (Lipinski definition) is 0. The Morgan fingerprint density at radius 3 is 2.55 bits per heavy atom. The number of rotatable bonds is 6. The first-order chi connectivity index (χ1) is 14.1. The maximum absolute atomic E-state index is 12.9. The maximum atomic E-state index is 12.9. The molecule has 0 radical (unpaired) electrons. The number of aryl methyl sites for hydroxylation is 1. The smallest absolute Gasteiger partial charge is 0.178 e. The fourth-order valence-electron chi connectivity index (χ4n) is 4.53. The highest BCUT2D eigenvalue weighted by molar-refractivity contribution is 7.18. The van der Waals surface area contributed by atoms with Gasteiger partial charge in [0.15, 0.2) is 5.78 Å². The van der Waals surface area contributed by atoms with E-state index in [0.717, 1.165) is 49.5 Å². The summed E-state index contributed by atoms with van der Waals surface area (Å²) < 4.78 is 3.62. The molecule has 0 atom stereocenters. The summed E-state index contributed by atoms with van der Waals surface area (Å²) in [7, 11) is 0. The van der Waals surface area contributed by atoms with Crippen molar-refractivity contribution in [2.45, 2.75) is 39.3 Å². The highest BCUT2D eigenvalue weighted by atomic mass is 32.1. The van der Waals surface area contributed by atoms with Crippen molar-refractivity contribution in [1.29, 1.82) is 0 Å². The van der Waals surface area contributed by atoms with E-state index in [1.807, 2.05) is 6.07 Å². The molecule has 3 heterocycles. The van der Waals surface area contributed by atoms with Crippen molar-refractivity contribution in [3.63, 3.8) is 0 Å². The zero-order chi connectivity index (χ0) is 20.0. The number of para-hydroxylation sites is 1. The molecule has 152 valence electrons. The molecule has 1 aliphatic carbocycles. The monoisotopic (exact) mass is 408 g/mol. The van der Waals surface area contributed by atoms with Gasteiger partial charge >= 0.3 is 0 Å². The summed E-state index contributed by atoms with van der Waals surface area (Å²) in [5.41, 5.74) is 4.41. The van der Waals surface area contributed by atoms with Crippen LogP contribution in [0.3, 0.4) is 0 Å². The molecular formula is C23H28N4OS. The van der Waals surface area contributed by atoms with E-state index >= 15 is 0 Å². The van der Waals surface area contributed by atoms with Gasteiger partial charge < -0.3 is 4.57 Å². The van der Waals surface area contributed by atoms with Crippen LogP contribution in [-0.4, -0.2) is 57.9 Å². The van der Waals surface area contributed by atoms with Crippen molar-refractivity contribution >= 4 is 27.3 Å². The molecular weight excluding hydrogens is 380 g/mol. The van der Waals surface area contributed by atoms with Crippen LogP contribution in [0.5, 0.6) is 0 Å². The number of nitrogens with zero attached hydrogens (tertiary/aromatic N) is 4. The van der Waals surface area contributed by atoms with Crippen LogP contribution in [0.25, 0.3) is 10.2 Å². The summed E-state index contributed by atoms with van der Waals surface area (Å²) in [5, 5.41) is 1.18. The van der Waals surface area contributed by atoms with Crippen LogP contribution in [0.15, 0.2) is 30.3 Å². The SMILES string of the molecule is Cc1cc(C(=O)CN2CCN(Cc3nc4ccccc4s3)CC2)c(C)n1C1CC1. The molecule has 0 unspecified atom stereocenters. The Labute approximate surface area is 175 Å². The van der Waals surface area contributed by atoms with Crippen molar-refractivity contribution in [3.8, 4) is 0 Å². The number of carbonyl (C=O) groups is 1. The number of thiazole rings is 1. The third kappa shape index (κ3) is 3.89. The molecule has 2 fully saturated rings. The van der Waals surface area contributed by atoms with Gasteiger partial charge in [0.05, 0.1) is 23.3 Å². The maximum Gasteiger partial charge on any atom is 0.178 e. The number of Topliss-reactive ketones (excluding diaryl/α,β-unsaturated/α-hetero) is 1. The van der Waals surface area contributed by atoms with Gasteiger partial charge in [-0.3, -0.25) is 14.6 Å². The van der Waals surface area contributed by atoms with Crippen LogP contribution < -0.4 is 0 Å². The van der Waals surface area contributed by atoms with Crippen LogP contribution in [0.1, 0.15) is 45.6 Å². The van der Waals surface area contributed by atoms with Crippen LogP contribution >= 0.6 is 11.3 Å². The molecule has 1 aliphatic heterocycles. The van der Waals surface area contributed by atoms with Gasteiger partial charge in [-0.1, -0.05) is 12.1 Å². The number of aromatic nitrogens is 2. The van der Waals surface area contributed by atoms with Crippen molar-refractivity contribution in [3.05, 3.63) is 52.3 Å². The molecule has 5 nitrogen and oxygen atoms in total. The lowest BCUT2D eigenvalue weighted by Crippen LogP contribution is -2.47. The van der Waals surface area contributed by atoms with Gasteiger partial charge in [0.25, 0.3) is 0 Å². The van der Waals surface area contributed by atoms with Crippen LogP contribution in [0.4, 0.5) is 0 Å². The molecule has 1 saturated heterocycles. The second-order valence-corrected chi connectivity index (χ2v) is 9.55. The van der Waals surface area contributed by atoms with Crippen LogP contribution in [0.2, 0.25) is 0 Å². The first kappa shape index (κ1) is 19.0. The van der Waals surface area contributed by atoms with Crippen molar-refractivity contribution in [2.24, 2.45) is 0 Å². The lowest BCUT2D eigenvalue weighted by Gasteiger charge is -2.33. The van der Waals surface area contributed by atoms with E-state index in [-0.39, 0.29) is 5.78 Å². The Bertz CT molecular complexity index is 1010. The quantitative estimate of drug-likeness (QED) is 0.577. The minimum Gasteiger partial charge on any atom is -0.345 e. The molecule has 0 N–H and O–H groups in total. The highest BCUT2D eigenvalue weighted by Gasteiger charge is 2.29. The number of ketones is 1. The van der Waals surface area contributed by atoms with E-state index in [4.69, 9.17) is 4.98 Å². The Morgan fingerprint density at radius 1 is 1.10 bits per heavy atom. The molecule has 0 amide bonds.